The van der Waals surface area contributed by atoms with E-state index < -0.39 is 38.8 Å². The summed E-state index contributed by atoms with van der Waals surface area (Å²) in [5.74, 6) is 0. The van der Waals surface area contributed by atoms with Gasteiger partial charge < -0.3 is 18.3 Å². The molecule has 1 N–H and O–H groups in total. The third-order valence-electron chi connectivity index (χ3n) is 13.4. The zero-order chi connectivity index (χ0) is 59.9. The number of hydrogen-bond donors (Lipinski definition) is 1. The van der Waals surface area contributed by atoms with Gasteiger partial charge in [-0.2, -0.15) is 14.0 Å². The van der Waals surface area contributed by atoms with Crippen molar-refractivity contribution >= 4 is 92.2 Å². The van der Waals surface area contributed by atoms with Crippen LogP contribution in [0.25, 0.3) is 0 Å². The molecule has 0 unspecified atom stereocenters. The van der Waals surface area contributed by atoms with Gasteiger partial charge in [0.15, 0.2) is 28.6 Å². The molecular weight excluding hydrogens is 1210 g/mol. The SMILES string of the molecule is O=P(c1ccccc1)(c1ccccc1)c1ccccc1.O=P(c1ccccc1)(c1ccccc1)c1ccccc1.O=P(c1ccccc1)(c1ccccc1)c1ccccc1.O=P(c1ccccc1)(c1ccccc1)c1ccccc1.[Ni+2].[O-][Cl+3]([O-])([O-])O. The maximum Gasteiger partial charge on any atom is 2.00 e. The van der Waals surface area contributed by atoms with Crippen LogP contribution in [0, 0.1) is 10.2 Å². The molecule has 14 heteroatoms. The summed E-state index contributed by atoms with van der Waals surface area (Å²) in [6, 6.07) is 117. The Morgan fingerprint density at radius 3 is 0.302 bits per heavy atom. The van der Waals surface area contributed by atoms with Crippen molar-refractivity contribution in [1.29, 1.82) is 0 Å². The summed E-state index contributed by atoms with van der Waals surface area (Å²) in [7, 11) is -15.8. The largest absolute Gasteiger partial charge is 2.00 e. The van der Waals surface area contributed by atoms with Crippen LogP contribution in [0.2, 0.25) is 0 Å². The van der Waals surface area contributed by atoms with Gasteiger partial charge in [0.1, 0.15) is 0 Å². The minimum Gasteiger partial charge on any atom is -0.309 e. The number of hydrogen-bond acceptors (Lipinski definition) is 8. The first-order chi connectivity index (χ1) is 41.3. The molecule has 0 aromatic heterocycles. The summed E-state index contributed by atoms with van der Waals surface area (Å²) < 4.78 is 88.0. The van der Waals surface area contributed by atoms with E-state index in [2.05, 4.69) is 0 Å². The van der Waals surface area contributed by atoms with Crippen molar-refractivity contribution < 1.29 is 63.6 Å². The van der Waals surface area contributed by atoms with Gasteiger partial charge in [0.05, 0.1) is 14.9 Å². The fraction of sp³-hybridized carbons (Fsp3) is 0. The first-order valence-corrected chi connectivity index (χ1v) is 35.1. The summed E-state index contributed by atoms with van der Waals surface area (Å²) in [6.07, 6.45) is 0. The van der Waals surface area contributed by atoms with Crippen LogP contribution < -0.4 is 77.6 Å². The van der Waals surface area contributed by atoms with Gasteiger partial charge in [-0.1, -0.05) is 364 Å². The van der Waals surface area contributed by atoms with Crippen molar-refractivity contribution in [2.45, 2.75) is 0 Å². The van der Waals surface area contributed by atoms with Crippen LogP contribution in [0.4, 0.5) is 0 Å². The van der Waals surface area contributed by atoms with Crippen molar-refractivity contribution in [1.82, 2.24) is 0 Å². The van der Waals surface area contributed by atoms with E-state index in [0.29, 0.717) is 0 Å². The van der Waals surface area contributed by atoms with Gasteiger partial charge in [-0.25, -0.2) is 0 Å². The smallest absolute Gasteiger partial charge is 0.309 e. The molecule has 0 bridgehead atoms. The summed E-state index contributed by atoms with van der Waals surface area (Å²) in [4.78, 5) is 0. The Kier molecular flexibility index (Phi) is 24.5. The average Bonchev–Trinajstić information content (AvgIpc) is 2.53. The molecule has 0 fully saturated rings. The topological polar surface area (TPSA) is 158 Å². The van der Waals surface area contributed by atoms with Gasteiger partial charge in [0, 0.05) is 63.7 Å². The molecule has 0 saturated heterocycles. The van der Waals surface area contributed by atoms with E-state index in [4.69, 9.17) is 18.6 Å². The van der Waals surface area contributed by atoms with Gasteiger partial charge in [-0.05, 0) is 0 Å². The Labute approximate surface area is 516 Å². The first kappa shape index (κ1) is 65.7. The van der Waals surface area contributed by atoms with E-state index >= 15 is 0 Å². The molecule has 0 heterocycles. The van der Waals surface area contributed by atoms with Crippen LogP contribution in [-0.2, 0) is 34.8 Å². The molecule has 12 aromatic rings. The minimum atomic E-state index is -4.69. The van der Waals surface area contributed by atoms with Crippen LogP contribution >= 0.6 is 28.6 Å². The molecule has 0 atom stereocenters. The Morgan fingerprint density at radius 2 is 0.244 bits per heavy atom. The van der Waals surface area contributed by atoms with Crippen LogP contribution in [0.5, 0.6) is 0 Å². The molecule has 0 spiro atoms. The van der Waals surface area contributed by atoms with Gasteiger partial charge in [-0.15, -0.1) is 0 Å². The third-order valence-corrected chi connectivity index (χ3v) is 25.7. The van der Waals surface area contributed by atoms with Crippen molar-refractivity contribution in [3.05, 3.63) is 364 Å². The molecule has 86 heavy (non-hydrogen) atoms. The van der Waals surface area contributed by atoms with Crippen molar-refractivity contribution in [3.8, 4) is 0 Å². The number of rotatable bonds is 12. The third kappa shape index (κ3) is 16.8. The fourth-order valence-corrected chi connectivity index (χ4v) is 20.1. The van der Waals surface area contributed by atoms with E-state index in [1.807, 2.05) is 364 Å². The molecular formula is C72H61ClNiO8P4+2. The molecule has 0 aliphatic heterocycles. The van der Waals surface area contributed by atoms with Crippen LogP contribution in [0.15, 0.2) is 364 Å². The van der Waals surface area contributed by atoms with Gasteiger partial charge in [-0.3, -0.25) is 0 Å². The molecule has 8 nitrogen and oxygen atoms in total. The zero-order valence-corrected chi connectivity index (χ0v) is 51.8. The second-order valence-electron chi connectivity index (χ2n) is 18.9. The normalized spacial score (nSPS) is 11.1. The molecule has 0 aliphatic rings. The maximum atomic E-state index is 13.8. The zero-order valence-electron chi connectivity index (χ0n) is 46.4. The van der Waals surface area contributed by atoms with Gasteiger partial charge >= 0.3 is 16.5 Å². The van der Waals surface area contributed by atoms with E-state index in [1.54, 1.807) is 0 Å². The quantitative estimate of drug-likeness (QED) is 0.0938. The van der Waals surface area contributed by atoms with Gasteiger partial charge in [0.2, 0.25) is 0 Å². The second-order valence-corrected chi connectivity index (χ2v) is 30.7. The molecule has 432 valence electrons. The maximum absolute atomic E-state index is 13.8. The van der Waals surface area contributed by atoms with Crippen LogP contribution in [0.1, 0.15) is 0 Å². The first-order valence-electron chi connectivity index (χ1n) is 27.0. The van der Waals surface area contributed by atoms with E-state index in [9.17, 15) is 18.3 Å². The van der Waals surface area contributed by atoms with Gasteiger partial charge in [0.25, 0.3) is 0 Å². The molecule has 0 radical (unpaired) electrons. The summed E-state index contributed by atoms with van der Waals surface area (Å²) in [6.45, 7) is 0. The molecule has 12 rings (SSSR count). The average molecular weight is 1270 g/mol. The van der Waals surface area contributed by atoms with Crippen molar-refractivity contribution in [3.63, 3.8) is 0 Å². The summed E-state index contributed by atoms with van der Waals surface area (Å²) in [5, 5.41) is 10.5. The molecule has 0 amide bonds. The molecule has 12 aromatic carbocycles. The number of benzene rings is 12. The Morgan fingerprint density at radius 1 is 0.186 bits per heavy atom. The second kappa shape index (κ2) is 32.1. The monoisotopic (exact) mass is 1270 g/mol. The molecule has 0 saturated carbocycles. The molecule has 0 aliphatic carbocycles. The van der Waals surface area contributed by atoms with Crippen molar-refractivity contribution in [2.24, 2.45) is 0 Å². The standard InChI is InChI=1S/4C18H15OP.ClHO4.Ni/c4*19-20(16-10-4-1-5-11-16,17-12-6-2-7-13-17)18-14-8-3-9-15-18;2-1(3,4)5;/h4*1-15H;(H,2,3,4,5);/q;;;;;+2. The van der Waals surface area contributed by atoms with E-state index in [1.165, 1.54) is 0 Å². The predicted molar refractivity (Wildman–Crippen MR) is 346 cm³/mol. The summed E-state index contributed by atoms with van der Waals surface area (Å²) >= 11 is 0. The van der Waals surface area contributed by atoms with Crippen molar-refractivity contribution in [2.75, 3.05) is 0 Å². The summed E-state index contributed by atoms with van der Waals surface area (Å²) in [5.41, 5.74) is 0. The Hall–Kier alpha value is -7.82. The predicted octanol–water partition coefficient (Wildman–Crippen LogP) is 9.18. The van der Waals surface area contributed by atoms with E-state index in [-0.39, 0.29) is 16.5 Å². The minimum absolute atomic E-state index is 0. The van der Waals surface area contributed by atoms with E-state index in [0.717, 1.165) is 63.7 Å². The fourth-order valence-electron chi connectivity index (χ4n) is 9.44. The Balaban J connectivity index is 0.000000159. The van der Waals surface area contributed by atoms with Crippen LogP contribution in [-0.4, -0.2) is 4.66 Å². The van der Waals surface area contributed by atoms with Crippen LogP contribution in [0.3, 0.4) is 0 Å². The number of halogens is 1. The Bertz CT molecular complexity index is 3130.